The van der Waals surface area contributed by atoms with Gasteiger partial charge in [0.2, 0.25) is 0 Å². The number of aromatic nitrogens is 3. The molecule has 1 atom stereocenters. The topological polar surface area (TPSA) is 42.7 Å². The zero-order valence-corrected chi connectivity index (χ0v) is 12.4. The average molecular weight is 309 g/mol. The van der Waals surface area contributed by atoms with Crippen LogP contribution in [0.2, 0.25) is 0 Å². The van der Waals surface area contributed by atoms with Crippen LogP contribution in [0.15, 0.2) is 28.9 Å². The van der Waals surface area contributed by atoms with Gasteiger partial charge >= 0.3 is 0 Å². The zero-order valence-electron chi connectivity index (χ0n) is 10.8. The van der Waals surface area contributed by atoms with Crippen LogP contribution in [0.5, 0.6) is 0 Å². The molecule has 0 aliphatic carbocycles. The number of nitrogens with one attached hydrogen (secondary N) is 1. The van der Waals surface area contributed by atoms with Crippen LogP contribution < -0.4 is 5.32 Å². The second-order valence-corrected chi connectivity index (χ2v) is 5.17. The number of hydrogen-bond donors (Lipinski definition) is 1. The third-order valence-corrected chi connectivity index (χ3v) is 3.65. The SMILES string of the molecule is CNC(Cc1cc(C)nn1C)c1ncccc1Br. The van der Waals surface area contributed by atoms with Crippen LogP contribution in [0.1, 0.15) is 23.1 Å². The monoisotopic (exact) mass is 308 g/mol. The van der Waals surface area contributed by atoms with Gasteiger partial charge in [0.15, 0.2) is 0 Å². The molecule has 2 aromatic heterocycles. The largest absolute Gasteiger partial charge is 0.311 e. The Labute approximate surface area is 116 Å². The molecule has 0 saturated heterocycles. The van der Waals surface area contributed by atoms with Gasteiger partial charge in [-0.05, 0) is 48.1 Å². The Bertz CT molecular complexity index is 536. The van der Waals surface area contributed by atoms with Crippen molar-refractivity contribution < 1.29 is 0 Å². The van der Waals surface area contributed by atoms with Crippen LogP contribution in [0.3, 0.4) is 0 Å². The molecule has 0 spiro atoms. The van der Waals surface area contributed by atoms with E-state index in [0.717, 1.165) is 22.3 Å². The highest BCUT2D eigenvalue weighted by atomic mass is 79.9. The van der Waals surface area contributed by atoms with Gasteiger partial charge in [0, 0.05) is 29.8 Å². The van der Waals surface area contributed by atoms with Crippen LogP contribution in [0, 0.1) is 6.92 Å². The lowest BCUT2D eigenvalue weighted by Gasteiger charge is -2.16. The number of nitrogens with zero attached hydrogens (tertiary/aromatic N) is 3. The molecule has 4 nitrogen and oxygen atoms in total. The molecule has 0 aromatic carbocycles. The van der Waals surface area contributed by atoms with Crippen LogP contribution in [-0.4, -0.2) is 21.8 Å². The van der Waals surface area contributed by atoms with Crippen molar-refractivity contribution in [3.8, 4) is 0 Å². The van der Waals surface area contributed by atoms with Gasteiger partial charge in [-0.2, -0.15) is 5.10 Å². The molecule has 2 heterocycles. The van der Waals surface area contributed by atoms with Gasteiger partial charge in [0.05, 0.1) is 17.4 Å². The van der Waals surface area contributed by atoms with Gasteiger partial charge in [0.25, 0.3) is 0 Å². The summed E-state index contributed by atoms with van der Waals surface area (Å²) in [6.07, 6.45) is 2.68. The number of pyridine rings is 1. The van der Waals surface area contributed by atoms with E-state index in [1.165, 1.54) is 5.69 Å². The summed E-state index contributed by atoms with van der Waals surface area (Å²) in [5.74, 6) is 0. The van der Waals surface area contributed by atoms with Crippen molar-refractivity contribution in [1.82, 2.24) is 20.1 Å². The standard InChI is InChI=1S/C13H17BrN4/c1-9-7-10(18(3)17-9)8-12(15-2)13-11(14)5-4-6-16-13/h4-7,12,15H,8H2,1-3H3. The third-order valence-electron chi connectivity index (χ3n) is 2.98. The molecule has 18 heavy (non-hydrogen) atoms. The van der Waals surface area contributed by atoms with E-state index in [0.29, 0.717) is 0 Å². The third kappa shape index (κ3) is 2.79. The lowest BCUT2D eigenvalue weighted by Crippen LogP contribution is -2.21. The quantitative estimate of drug-likeness (QED) is 0.943. The Kier molecular flexibility index (Phi) is 4.14. The van der Waals surface area contributed by atoms with Crippen molar-refractivity contribution in [2.75, 3.05) is 7.05 Å². The Balaban J connectivity index is 2.25. The van der Waals surface area contributed by atoms with Crippen molar-refractivity contribution in [3.63, 3.8) is 0 Å². The molecule has 2 aromatic rings. The molecule has 5 heteroatoms. The van der Waals surface area contributed by atoms with E-state index < -0.39 is 0 Å². The first-order chi connectivity index (χ1) is 8.61. The number of likely N-dealkylation sites (N-methyl/N-ethyl adjacent to an activating group) is 1. The van der Waals surface area contributed by atoms with E-state index in [-0.39, 0.29) is 6.04 Å². The fourth-order valence-corrected chi connectivity index (χ4v) is 2.59. The van der Waals surface area contributed by atoms with Gasteiger partial charge in [-0.1, -0.05) is 0 Å². The minimum absolute atomic E-state index is 0.176. The molecule has 0 fully saturated rings. The van der Waals surface area contributed by atoms with E-state index in [2.05, 4.69) is 37.4 Å². The Morgan fingerprint density at radius 1 is 1.50 bits per heavy atom. The molecule has 0 bridgehead atoms. The second-order valence-electron chi connectivity index (χ2n) is 4.32. The number of hydrogen-bond acceptors (Lipinski definition) is 3. The van der Waals surface area contributed by atoms with E-state index in [9.17, 15) is 0 Å². The molecule has 2 rings (SSSR count). The number of rotatable bonds is 4. The second kappa shape index (κ2) is 5.63. The summed E-state index contributed by atoms with van der Waals surface area (Å²) in [4.78, 5) is 4.44. The summed E-state index contributed by atoms with van der Waals surface area (Å²) in [5, 5.41) is 7.68. The first-order valence-corrected chi connectivity index (χ1v) is 6.68. The summed E-state index contributed by atoms with van der Waals surface area (Å²) in [6.45, 7) is 2.01. The van der Waals surface area contributed by atoms with Crippen LogP contribution >= 0.6 is 15.9 Å². The predicted molar refractivity (Wildman–Crippen MR) is 75.4 cm³/mol. The highest BCUT2D eigenvalue weighted by molar-refractivity contribution is 9.10. The molecule has 0 aliphatic heterocycles. The Hall–Kier alpha value is -1.20. The van der Waals surface area contributed by atoms with E-state index in [1.54, 1.807) is 0 Å². The van der Waals surface area contributed by atoms with E-state index in [4.69, 9.17) is 0 Å². The summed E-state index contributed by atoms with van der Waals surface area (Å²) in [7, 11) is 3.93. The average Bonchev–Trinajstić information content (AvgIpc) is 2.66. The molecule has 96 valence electrons. The highest BCUT2D eigenvalue weighted by Gasteiger charge is 2.16. The minimum atomic E-state index is 0.176. The van der Waals surface area contributed by atoms with Crippen molar-refractivity contribution >= 4 is 15.9 Å². The fraction of sp³-hybridized carbons (Fsp3) is 0.385. The fourth-order valence-electron chi connectivity index (χ4n) is 2.05. The van der Waals surface area contributed by atoms with Gasteiger partial charge in [-0.3, -0.25) is 9.67 Å². The molecule has 0 amide bonds. The predicted octanol–water partition coefficient (Wildman–Crippen LogP) is 2.39. The minimum Gasteiger partial charge on any atom is -0.311 e. The lowest BCUT2D eigenvalue weighted by molar-refractivity contribution is 0.546. The highest BCUT2D eigenvalue weighted by Crippen LogP contribution is 2.23. The summed E-state index contributed by atoms with van der Waals surface area (Å²) in [5.41, 5.74) is 3.27. The van der Waals surface area contributed by atoms with Crippen molar-refractivity contribution in [3.05, 3.63) is 46.0 Å². The lowest BCUT2D eigenvalue weighted by atomic mass is 10.1. The van der Waals surface area contributed by atoms with Gasteiger partial charge in [-0.25, -0.2) is 0 Å². The molecule has 1 unspecified atom stereocenters. The van der Waals surface area contributed by atoms with Gasteiger partial charge in [0.1, 0.15) is 0 Å². The molecule has 0 aliphatic rings. The zero-order chi connectivity index (χ0) is 13.1. The maximum Gasteiger partial charge on any atom is 0.0718 e. The summed E-state index contributed by atoms with van der Waals surface area (Å²) >= 11 is 3.55. The van der Waals surface area contributed by atoms with E-state index in [1.807, 2.05) is 44.0 Å². The van der Waals surface area contributed by atoms with Crippen LogP contribution in [-0.2, 0) is 13.5 Å². The summed E-state index contributed by atoms with van der Waals surface area (Å²) in [6, 6.07) is 6.23. The maximum atomic E-state index is 4.44. The normalized spacial score (nSPS) is 12.7. The molecular weight excluding hydrogens is 292 g/mol. The van der Waals surface area contributed by atoms with Crippen molar-refractivity contribution in [2.45, 2.75) is 19.4 Å². The van der Waals surface area contributed by atoms with Crippen LogP contribution in [0.4, 0.5) is 0 Å². The molecular formula is C13H17BrN4. The van der Waals surface area contributed by atoms with Gasteiger partial charge in [-0.15, -0.1) is 0 Å². The van der Waals surface area contributed by atoms with E-state index >= 15 is 0 Å². The Morgan fingerprint density at radius 3 is 2.83 bits per heavy atom. The molecule has 0 saturated carbocycles. The number of aryl methyl sites for hydroxylation is 2. The maximum absolute atomic E-state index is 4.44. The molecule has 1 N–H and O–H groups in total. The van der Waals surface area contributed by atoms with Crippen molar-refractivity contribution in [2.24, 2.45) is 7.05 Å². The Morgan fingerprint density at radius 2 is 2.28 bits per heavy atom. The first kappa shape index (κ1) is 13.2. The van der Waals surface area contributed by atoms with Crippen molar-refractivity contribution in [1.29, 1.82) is 0 Å². The van der Waals surface area contributed by atoms with Crippen LogP contribution in [0.25, 0.3) is 0 Å². The smallest absolute Gasteiger partial charge is 0.0718 e. The first-order valence-electron chi connectivity index (χ1n) is 5.89. The number of halogens is 1. The van der Waals surface area contributed by atoms with Gasteiger partial charge < -0.3 is 5.32 Å². The summed E-state index contributed by atoms with van der Waals surface area (Å²) < 4.78 is 2.96. The molecule has 0 radical (unpaired) electrons.